The highest BCUT2D eigenvalue weighted by atomic mass is 16.6. The summed E-state index contributed by atoms with van der Waals surface area (Å²) >= 11 is 0. The lowest BCUT2D eigenvalue weighted by atomic mass is 10.1. The second-order valence-electron chi connectivity index (χ2n) is 7.85. The molecule has 0 radical (unpaired) electrons. The molecule has 0 saturated carbocycles. The Morgan fingerprint density at radius 3 is 1.40 bits per heavy atom. The summed E-state index contributed by atoms with van der Waals surface area (Å²) in [6.07, 6.45) is 2.08. The summed E-state index contributed by atoms with van der Waals surface area (Å²) in [5.74, 6) is -0.965. The van der Waals surface area contributed by atoms with Gasteiger partial charge in [0.25, 0.3) is 23.2 Å². The highest BCUT2D eigenvalue weighted by Crippen LogP contribution is 2.34. The molecule has 0 fully saturated rings. The predicted molar refractivity (Wildman–Crippen MR) is 147 cm³/mol. The summed E-state index contributed by atoms with van der Waals surface area (Å²) in [5, 5.41) is 30.3. The number of rotatable bonds is 12. The highest BCUT2D eigenvalue weighted by molar-refractivity contribution is 5.97. The predicted octanol–water partition coefficient (Wildman–Crippen LogP) is 2.46. The topological polar surface area (TPSA) is 219 Å². The normalized spacial score (nSPS) is 10.8. The minimum Gasteiger partial charge on any atom is -0.493 e. The number of carbonyl (C=O) groups is 2. The number of methoxy groups -OCH3 is 4. The van der Waals surface area contributed by atoms with Crippen LogP contribution in [0.4, 0.5) is 11.4 Å². The number of nitro groups is 2. The molecule has 17 heteroatoms. The summed E-state index contributed by atoms with van der Waals surface area (Å²) in [7, 11) is 5.36. The van der Waals surface area contributed by atoms with E-state index in [-0.39, 0.29) is 56.9 Å². The summed E-state index contributed by atoms with van der Waals surface area (Å²) in [6.45, 7) is 0. The Balaban J connectivity index is 1.73. The van der Waals surface area contributed by atoms with E-state index in [0.717, 1.165) is 24.6 Å². The molecule has 0 aliphatic heterocycles. The first-order chi connectivity index (χ1) is 20.1. The van der Waals surface area contributed by atoms with Gasteiger partial charge < -0.3 is 18.9 Å². The summed E-state index contributed by atoms with van der Waals surface area (Å²) in [6, 6.07) is 8.91. The third kappa shape index (κ3) is 7.08. The Hall–Kier alpha value is -6.13. The molecular weight excluding hydrogens is 558 g/mol. The van der Waals surface area contributed by atoms with Crippen molar-refractivity contribution in [2.24, 2.45) is 10.2 Å². The molecular formula is C25H23N7O10. The molecule has 218 valence electrons. The second kappa shape index (κ2) is 13.8. The van der Waals surface area contributed by atoms with Gasteiger partial charge in [-0.05, 0) is 24.3 Å². The second-order valence-corrected chi connectivity index (χ2v) is 7.85. The van der Waals surface area contributed by atoms with Crippen molar-refractivity contribution in [1.82, 2.24) is 15.8 Å². The molecule has 3 aromatic rings. The van der Waals surface area contributed by atoms with Crippen LogP contribution in [0.5, 0.6) is 23.0 Å². The van der Waals surface area contributed by atoms with Crippen molar-refractivity contribution in [1.29, 1.82) is 0 Å². The number of nitro benzene ring substituents is 2. The van der Waals surface area contributed by atoms with Crippen LogP contribution in [0.25, 0.3) is 0 Å². The number of pyridine rings is 1. The molecule has 0 atom stereocenters. The molecule has 42 heavy (non-hydrogen) atoms. The average Bonchev–Trinajstić information content (AvgIpc) is 2.99. The van der Waals surface area contributed by atoms with Crippen LogP contribution < -0.4 is 29.8 Å². The number of hydrogen-bond donors (Lipinski definition) is 2. The van der Waals surface area contributed by atoms with Gasteiger partial charge in [0, 0.05) is 0 Å². The van der Waals surface area contributed by atoms with E-state index in [9.17, 15) is 29.8 Å². The van der Waals surface area contributed by atoms with Crippen molar-refractivity contribution in [3.05, 3.63) is 85.2 Å². The number of aromatic nitrogens is 1. The van der Waals surface area contributed by atoms with Crippen LogP contribution in [0, 0.1) is 20.2 Å². The number of hydrogen-bond acceptors (Lipinski definition) is 13. The molecule has 1 aromatic heterocycles. The van der Waals surface area contributed by atoms with Crippen LogP contribution in [0.1, 0.15) is 32.1 Å². The van der Waals surface area contributed by atoms with Gasteiger partial charge in [-0.15, -0.1) is 0 Å². The Morgan fingerprint density at radius 2 is 1.07 bits per heavy atom. The van der Waals surface area contributed by atoms with Crippen LogP contribution >= 0.6 is 0 Å². The fourth-order valence-corrected chi connectivity index (χ4v) is 3.41. The lowest BCUT2D eigenvalue weighted by Gasteiger charge is -2.08. The van der Waals surface area contributed by atoms with Crippen LogP contribution in [-0.2, 0) is 0 Å². The number of nitrogens with zero attached hydrogens (tertiary/aromatic N) is 5. The van der Waals surface area contributed by atoms with Crippen molar-refractivity contribution >= 4 is 35.6 Å². The maximum Gasteiger partial charge on any atom is 0.289 e. The van der Waals surface area contributed by atoms with Crippen LogP contribution in [0.2, 0.25) is 0 Å². The highest BCUT2D eigenvalue weighted by Gasteiger charge is 2.20. The largest absolute Gasteiger partial charge is 0.493 e. The van der Waals surface area contributed by atoms with Crippen molar-refractivity contribution in [3.8, 4) is 23.0 Å². The van der Waals surface area contributed by atoms with Crippen LogP contribution in [0.15, 0.2) is 52.7 Å². The molecule has 0 aliphatic rings. The minimum atomic E-state index is -0.825. The number of nitrogens with one attached hydrogen (secondary N) is 2. The van der Waals surface area contributed by atoms with Crippen molar-refractivity contribution in [3.63, 3.8) is 0 Å². The van der Waals surface area contributed by atoms with Gasteiger partial charge in [0.15, 0.2) is 23.0 Å². The van der Waals surface area contributed by atoms with E-state index < -0.39 is 21.7 Å². The van der Waals surface area contributed by atoms with Gasteiger partial charge in [-0.3, -0.25) is 29.8 Å². The standard InChI is InChI=1S/C25H23N7O10/c1-39-20-8-14(18(31(35)36)10-22(20)41-3)12-26-29-24(33)16-6-5-7-17(28-16)25(34)30-27-13-15-9-21(40-2)23(42-4)11-19(15)32(37)38/h5-13H,1-4H3,(H,29,33)(H,30,34)/b26-12-,27-13-. The SMILES string of the molecule is COc1cc(/C=N\NC(=O)c2cccc(C(=O)N/N=C\c3cc(OC)c(OC)cc3[N+](=O)[O-])n2)c([N+](=O)[O-])cc1OC. The van der Waals surface area contributed by atoms with E-state index in [1.165, 1.54) is 58.8 Å². The van der Waals surface area contributed by atoms with Gasteiger partial charge in [-0.2, -0.15) is 10.2 Å². The van der Waals surface area contributed by atoms with E-state index >= 15 is 0 Å². The lowest BCUT2D eigenvalue weighted by molar-refractivity contribution is -0.385. The van der Waals surface area contributed by atoms with Gasteiger partial charge >= 0.3 is 0 Å². The maximum atomic E-state index is 12.6. The van der Waals surface area contributed by atoms with Gasteiger partial charge in [0.05, 0.1) is 74.0 Å². The van der Waals surface area contributed by atoms with Crippen molar-refractivity contribution in [2.45, 2.75) is 0 Å². The fraction of sp³-hybridized carbons (Fsp3) is 0.160. The van der Waals surface area contributed by atoms with Crippen molar-refractivity contribution < 1.29 is 38.4 Å². The maximum absolute atomic E-state index is 12.6. The van der Waals surface area contributed by atoms with Crippen LogP contribution in [-0.4, -0.2) is 67.5 Å². The van der Waals surface area contributed by atoms with Crippen molar-refractivity contribution in [2.75, 3.05) is 28.4 Å². The number of hydrazone groups is 2. The third-order valence-electron chi connectivity index (χ3n) is 5.41. The zero-order chi connectivity index (χ0) is 30.8. The Kier molecular flexibility index (Phi) is 9.98. The molecule has 2 aromatic carbocycles. The molecule has 17 nitrogen and oxygen atoms in total. The molecule has 0 unspecified atom stereocenters. The first-order valence-electron chi connectivity index (χ1n) is 11.6. The molecule has 0 saturated heterocycles. The van der Waals surface area contributed by atoms with Gasteiger partial charge in [-0.1, -0.05) is 6.07 Å². The number of ether oxygens (including phenoxy) is 4. The van der Waals surface area contributed by atoms with Gasteiger partial charge in [0.2, 0.25) is 0 Å². The van der Waals surface area contributed by atoms with Gasteiger partial charge in [-0.25, -0.2) is 15.8 Å². The van der Waals surface area contributed by atoms with E-state index in [0.29, 0.717) is 0 Å². The van der Waals surface area contributed by atoms with E-state index in [2.05, 4.69) is 26.0 Å². The molecule has 1 heterocycles. The van der Waals surface area contributed by atoms with E-state index in [4.69, 9.17) is 18.9 Å². The molecule has 2 N–H and O–H groups in total. The average molecular weight is 581 g/mol. The first-order valence-corrected chi connectivity index (χ1v) is 11.6. The number of carbonyl (C=O) groups excluding carboxylic acids is 2. The minimum absolute atomic E-state index is 0.0200. The number of amides is 2. The third-order valence-corrected chi connectivity index (χ3v) is 5.41. The smallest absolute Gasteiger partial charge is 0.289 e. The zero-order valence-electron chi connectivity index (χ0n) is 22.5. The quantitative estimate of drug-likeness (QED) is 0.180. The summed E-state index contributed by atoms with van der Waals surface area (Å²) in [5.41, 5.74) is 3.28. The molecule has 3 rings (SSSR count). The molecule has 0 bridgehead atoms. The Labute approximate surface area is 237 Å². The zero-order valence-corrected chi connectivity index (χ0v) is 22.5. The summed E-state index contributed by atoms with van der Waals surface area (Å²) < 4.78 is 20.4. The number of benzene rings is 2. The van der Waals surface area contributed by atoms with E-state index in [1.54, 1.807) is 0 Å². The monoisotopic (exact) mass is 581 g/mol. The Bertz CT molecular complexity index is 1480. The molecule has 0 spiro atoms. The molecule has 0 aliphatic carbocycles. The first kappa shape index (κ1) is 30.4. The molecule has 2 amide bonds. The Morgan fingerprint density at radius 1 is 0.714 bits per heavy atom. The fourth-order valence-electron chi connectivity index (χ4n) is 3.41. The van der Waals surface area contributed by atoms with E-state index in [1.807, 2.05) is 0 Å². The summed E-state index contributed by atoms with van der Waals surface area (Å²) in [4.78, 5) is 50.6. The van der Waals surface area contributed by atoms with Crippen LogP contribution in [0.3, 0.4) is 0 Å². The van der Waals surface area contributed by atoms with Gasteiger partial charge in [0.1, 0.15) is 11.4 Å². The lowest BCUT2D eigenvalue weighted by Crippen LogP contribution is -2.23.